The number of amides is 1. The first-order valence-corrected chi connectivity index (χ1v) is 11.9. The molecule has 1 fully saturated rings. The van der Waals surface area contributed by atoms with Crippen LogP contribution < -0.4 is 5.32 Å². The van der Waals surface area contributed by atoms with E-state index >= 15 is 0 Å². The topological polar surface area (TPSA) is 117 Å². The highest BCUT2D eigenvalue weighted by Gasteiger charge is 2.51. The third-order valence-corrected chi connectivity index (χ3v) is 6.15. The summed E-state index contributed by atoms with van der Waals surface area (Å²) in [6.45, 7) is 0.303. The second-order valence-electron chi connectivity index (χ2n) is 8.73. The molecule has 0 aromatic heterocycles. The molecule has 190 valence electrons. The van der Waals surface area contributed by atoms with Crippen LogP contribution in [0.3, 0.4) is 0 Å². The molecule has 0 spiro atoms. The van der Waals surface area contributed by atoms with Crippen molar-refractivity contribution in [2.75, 3.05) is 0 Å². The van der Waals surface area contributed by atoms with Crippen LogP contribution in [0.5, 0.6) is 0 Å². The molecule has 0 bridgehead atoms. The van der Waals surface area contributed by atoms with Gasteiger partial charge in [0.2, 0.25) is 0 Å². The lowest BCUT2D eigenvalue weighted by atomic mass is 9.82. The van der Waals surface area contributed by atoms with Gasteiger partial charge >= 0.3 is 6.09 Å². The second-order valence-corrected chi connectivity index (χ2v) is 8.73. The summed E-state index contributed by atoms with van der Waals surface area (Å²) in [6.07, 6.45) is -7.24. The smallest absolute Gasteiger partial charge is 0.407 e. The Kier molecular flexibility index (Phi) is 9.05. The second kappa shape index (κ2) is 12.6. The third kappa shape index (κ3) is 6.69. The summed E-state index contributed by atoms with van der Waals surface area (Å²) in [5.41, 5.74) is 2.51. The monoisotopic (exact) mass is 493 g/mol. The molecule has 0 radical (unpaired) electrons. The number of benzene rings is 3. The fourth-order valence-electron chi connectivity index (χ4n) is 4.19. The largest absolute Gasteiger partial charge is 0.445 e. The Labute approximate surface area is 210 Å². The lowest BCUT2D eigenvalue weighted by molar-refractivity contribution is -0.225. The number of ether oxygens (including phenoxy) is 3. The van der Waals surface area contributed by atoms with Gasteiger partial charge in [-0.1, -0.05) is 91.0 Å². The van der Waals surface area contributed by atoms with Crippen molar-refractivity contribution in [3.05, 3.63) is 108 Å². The van der Waals surface area contributed by atoms with Crippen LogP contribution in [-0.2, 0) is 34.0 Å². The number of alkyl carbamates (subject to hydrolysis) is 1. The number of aliphatic hydroxyl groups is 3. The van der Waals surface area contributed by atoms with E-state index in [9.17, 15) is 20.1 Å². The van der Waals surface area contributed by atoms with E-state index in [1.54, 1.807) is 0 Å². The summed E-state index contributed by atoms with van der Waals surface area (Å²) in [6, 6.07) is 26.6. The average molecular weight is 494 g/mol. The summed E-state index contributed by atoms with van der Waals surface area (Å²) in [5.74, 6) is 0. The van der Waals surface area contributed by atoms with E-state index in [0.717, 1.165) is 16.7 Å². The van der Waals surface area contributed by atoms with E-state index in [1.165, 1.54) is 0 Å². The molecule has 6 atom stereocenters. The summed E-state index contributed by atoms with van der Waals surface area (Å²) in [4.78, 5) is 12.5. The normalized spacial score (nSPS) is 25.8. The van der Waals surface area contributed by atoms with Gasteiger partial charge in [-0.2, -0.15) is 0 Å². The Morgan fingerprint density at radius 1 is 0.611 bits per heavy atom. The van der Waals surface area contributed by atoms with Crippen molar-refractivity contribution in [2.24, 2.45) is 0 Å². The highest BCUT2D eigenvalue weighted by Crippen LogP contribution is 2.28. The van der Waals surface area contributed by atoms with E-state index in [0.29, 0.717) is 0 Å². The first-order chi connectivity index (χ1) is 17.5. The molecule has 0 aliphatic heterocycles. The summed E-state index contributed by atoms with van der Waals surface area (Å²) in [7, 11) is 0. The minimum absolute atomic E-state index is 0.0187. The Balaban J connectivity index is 1.45. The summed E-state index contributed by atoms with van der Waals surface area (Å²) < 4.78 is 17.2. The summed E-state index contributed by atoms with van der Waals surface area (Å²) in [5, 5.41) is 35.4. The van der Waals surface area contributed by atoms with Crippen LogP contribution in [0.1, 0.15) is 16.7 Å². The van der Waals surface area contributed by atoms with Crippen molar-refractivity contribution < 1.29 is 34.3 Å². The van der Waals surface area contributed by atoms with Crippen molar-refractivity contribution in [1.29, 1.82) is 0 Å². The fourth-order valence-corrected chi connectivity index (χ4v) is 4.19. The quantitative estimate of drug-likeness (QED) is 0.362. The number of hydrogen-bond acceptors (Lipinski definition) is 7. The molecule has 8 heteroatoms. The van der Waals surface area contributed by atoms with Gasteiger partial charge < -0.3 is 34.8 Å². The first-order valence-electron chi connectivity index (χ1n) is 11.9. The molecule has 1 aliphatic carbocycles. The van der Waals surface area contributed by atoms with Gasteiger partial charge in [-0.3, -0.25) is 0 Å². The molecule has 3 aromatic rings. The van der Waals surface area contributed by atoms with Gasteiger partial charge in [-0.15, -0.1) is 0 Å². The highest BCUT2D eigenvalue weighted by molar-refractivity contribution is 5.68. The lowest BCUT2D eigenvalue weighted by Gasteiger charge is -2.45. The summed E-state index contributed by atoms with van der Waals surface area (Å²) >= 11 is 0. The van der Waals surface area contributed by atoms with Crippen LogP contribution >= 0.6 is 0 Å². The molecule has 1 saturated carbocycles. The predicted octanol–water partition coefficient (Wildman–Crippen LogP) is 2.55. The molecule has 1 amide bonds. The maximum atomic E-state index is 12.5. The zero-order valence-electron chi connectivity index (χ0n) is 19.7. The Morgan fingerprint density at radius 2 is 1.03 bits per heavy atom. The van der Waals surface area contributed by atoms with Crippen molar-refractivity contribution >= 4 is 6.09 Å². The molecule has 1 aliphatic rings. The van der Waals surface area contributed by atoms with Gasteiger partial charge in [-0.25, -0.2) is 4.79 Å². The number of aliphatic hydroxyl groups excluding tert-OH is 3. The van der Waals surface area contributed by atoms with Crippen LogP contribution in [0.15, 0.2) is 91.0 Å². The molecular formula is C28H31NO7. The number of hydrogen-bond donors (Lipinski definition) is 4. The van der Waals surface area contributed by atoms with Crippen molar-refractivity contribution in [2.45, 2.75) is 56.4 Å². The van der Waals surface area contributed by atoms with E-state index in [-0.39, 0.29) is 19.8 Å². The van der Waals surface area contributed by atoms with Gasteiger partial charge in [0, 0.05) is 0 Å². The molecule has 8 nitrogen and oxygen atoms in total. The number of carbonyl (C=O) groups excluding carboxylic acids is 1. The minimum atomic E-state index is -1.51. The number of carbonyl (C=O) groups is 1. The SMILES string of the molecule is O=C(N[C@@H]1[C@@H](O)[C@H](O)[C@@H](OCc2ccccc2)[C@@H](OCc2ccccc2)[C@H]1O)OCc1ccccc1. The van der Waals surface area contributed by atoms with Crippen LogP contribution in [-0.4, -0.2) is 58.0 Å². The van der Waals surface area contributed by atoms with Gasteiger partial charge in [0.15, 0.2) is 0 Å². The maximum Gasteiger partial charge on any atom is 0.407 e. The Bertz CT molecular complexity index is 1070. The molecule has 3 aromatic carbocycles. The van der Waals surface area contributed by atoms with Crippen LogP contribution in [0.2, 0.25) is 0 Å². The molecule has 4 N–H and O–H groups in total. The number of nitrogens with one attached hydrogen (secondary N) is 1. The molecule has 0 saturated heterocycles. The van der Waals surface area contributed by atoms with E-state index in [1.807, 2.05) is 91.0 Å². The van der Waals surface area contributed by atoms with Gasteiger partial charge in [0.25, 0.3) is 0 Å². The van der Waals surface area contributed by atoms with Crippen LogP contribution in [0, 0.1) is 0 Å². The molecule has 36 heavy (non-hydrogen) atoms. The predicted molar refractivity (Wildman–Crippen MR) is 132 cm³/mol. The first kappa shape index (κ1) is 25.8. The van der Waals surface area contributed by atoms with Crippen molar-refractivity contribution in [3.8, 4) is 0 Å². The average Bonchev–Trinajstić information content (AvgIpc) is 2.92. The standard InChI is InChI=1S/C28H31NO7/c30-23-22(29-28(33)36-18-21-14-8-3-9-15-21)24(31)26(34-16-19-10-4-1-5-11-19)27(25(23)32)35-17-20-12-6-2-7-13-20/h1-15,22-27,30-32H,16-18H2,(H,29,33)/t22-,23-,24+,25+,26+,27-/m1/s1. The number of rotatable bonds is 9. The van der Waals surface area contributed by atoms with E-state index in [2.05, 4.69) is 5.32 Å². The van der Waals surface area contributed by atoms with Crippen LogP contribution in [0.25, 0.3) is 0 Å². The van der Waals surface area contributed by atoms with Gasteiger partial charge in [0.05, 0.1) is 19.3 Å². The van der Waals surface area contributed by atoms with Crippen LogP contribution in [0.4, 0.5) is 4.79 Å². The Hall–Kier alpha value is -3.27. The maximum absolute atomic E-state index is 12.5. The molecular weight excluding hydrogens is 462 g/mol. The fraction of sp³-hybridized carbons (Fsp3) is 0.321. The highest BCUT2D eigenvalue weighted by atomic mass is 16.6. The zero-order chi connectivity index (χ0) is 25.3. The lowest BCUT2D eigenvalue weighted by Crippen LogP contribution is -2.69. The molecule has 0 heterocycles. The third-order valence-electron chi connectivity index (χ3n) is 6.15. The van der Waals surface area contributed by atoms with E-state index in [4.69, 9.17) is 14.2 Å². The van der Waals surface area contributed by atoms with Gasteiger partial charge in [-0.05, 0) is 16.7 Å². The molecule has 0 unspecified atom stereocenters. The van der Waals surface area contributed by atoms with Crippen molar-refractivity contribution in [1.82, 2.24) is 5.32 Å². The molecule has 4 rings (SSSR count). The minimum Gasteiger partial charge on any atom is -0.445 e. The Morgan fingerprint density at radius 3 is 1.50 bits per heavy atom. The van der Waals surface area contributed by atoms with E-state index < -0.39 is 42.7 Å². The van der Waals surface area contributed by atoms with Crippen molar-refractivity contribution in [3.63, 3.8) is 0 Å². The van der Waals surface area contributed by atoms with Gasteiger partial charge in [0.1, 0.15) is 37.1 Å². The zero-order valence-corrected chi connectivity index (χ0v) is 19.7.